The third-order valence-electron chi connectivity index (χ3n) is 7.66. The first-order valence-corrected chi connectivity index (χ1v) is 17.7. The van der Waals surface area contributed by atoms with Crippen molar-refractivity contribution in [3.63, 3.8) is 0 Å². The summed E-state index contributed by atoms with van der Waals surface area (Å²) >= 11 is 12.6. The second-order valence-corrected chi connectivity index (χ2v) is 15.4. The molecular weight excluding hydrogens is 703 g/mol. The number of halogens is 2. The Hall–Kier alpha value is -4.65. The topological polar surface area (TPSA) is 139 Å². The van der Waals surface area contributed by atoms with E-state index < -0.39 is 55.5 Å². The van der Waals surface area contributed by atoms with E-state index in [0.717, 1.165) is 15.9 Å². The molecule has 4 rings (SSSR count). The van der Waals surface area contributed by atoms with Crippen LogP contribution < -0.4 is 14.4 Å². The van der Waals surface area contributed by atoms with E-state index in [1.165, 1.54) is 49.3 Å². The Balaban J connectivity index is 1.91. The lowest BCUT2D eigenvalue weighted by Gasteiger charge is -2.35. The van der Waals surface area contributed by atoms with Crippen molar-refractivity contribution in [2.45, 2.75) is 57.1 Å². The van der Waals surface area contributed by atoms with Gasteiger partial charge < -0.3 is 15.0 Å². The summed E-state index contributed by atoms with van der Waals surface area (Å²) in [4.78, 5) is 40.8. The number of amides is 2. The predicted octanol–water partition coefficient (Wildman–Crippen LogP) is 6.97. The van der Waals surface area contributed by atoms with Crippen LogP contribution in [0.4, 0.5) is 11.4 Å². The van der Waals surface area contributed by atoms with Crippen molar-refractivity contribution in [1.29, 1.82) is 0 Å². The van der Waals surface area contributed by atoms with Crippen LogP contribution in [0.1, 0.15) is 37.5 Å². The summed E-state index contributed by atoms with van der Waals surface area (Å²) in [6, 6.07) is 22.6. The number of sulfonamides is 1. The predicted molar refractivity (Wildman–Crippen MR) is 194 cm³/mol. The maximum Gasteiger partial charge on any atom is 0.273 e. The van der Waals surface area contributed by atoms with Crippen LogP contribution in [-0.4, -0.2) is 55.3 Å². The normalized spacial score (nSPS) is 12.1. The van der Waals surface area contributed by atoms with Crippen molar-refractivity contribution < 1.29 is 27.7 Å². The smallest absolute Gasteiger partial charge is 0.273 e. The van der Waals surface area contributed by atoms with Gasteiger partial charge in [0.15, 0.2) is 0 Å². The van der Waals surface area contributed by atoms with Crippen molar-refractivity contribution in [2.75, 3.05) is 18.0 Å². The lowest BCUT2D eigenvalue weighted by molar-refractivity contribution is -0.385. The molecule has 0 unspecified atom stereocenters. The van der Waals surface area contributed by atoms with Gasteiger partial charge >= 0.3 is 0 Å². The highest BCUT2D eigenvalue weighted by Crippen LogP contribution is 2.36. The Morgan fingerprint density at radius 2 is 1.58 bits per heavy atom. The zero-order chi connectivity index (χ0) is 36.8. The minimum absolute atomic E-state index is 0.0695. The first-order chi connectivity index (χ1) is 23.5. The Morgan fingerprint density at radius 3 is 2.20 bits per heavy atom. The van der Waals surface area contributed by atoms with Gasteiger partial charge in [-0.1, -0.05) is 71.7 Å². The second kappa shape index (κ2) is 15.9. The number of nitrogens with zero attached hydrogens (tertiary/aromatic N) is 3. The first kappa shape index (κ1) is 38.2. The third-order valence-corrected chi connectivity index (χ3v) is 9.89. The molecule has 0 aromatic heterocycles. The molecule has 0 aliphatic heterocycles. The Bertz CT molecular complexity index is 1990. The average molecular weight is 742 g/mol. The lowest BCUT2D eigenvalue weighted by atomic mass is 10.0. The van der Waals surface area contributed by atoms with Crippen molar-refractivity contribution in [1.82, 2.24) is 10.2 Å². The second-order valence-electron chi connectivity index (χ2n) is 12.6. The molecule has 0 saturated carbocycles. The van der Waals surface area contributed by atoms with Crippen molar-refractivity contribution in [3.05, 3.63) is 128 Å². The van der Waals surface area contributed by atoms with Crippen LogP contribution in [0.3, 0.4) is 0 Å². The number of carbonyl (C=O) groups is 2. The van der Waals surface area contributed by atoms with E-state index in [9.17, 15) is 28.1 Å². The number of ether oxygens (including phenoxy) is 1. The average Bonchev–Trinajstić information content (AvgIpc) is 3.04. The first-order valence-electron chi connectivity index (χ1n) is 15.5. The summed E-state index contributed by atoms with van der Waals surface area (Å²) in [6.07, 6.45) is 0.104. The summed E-state index contributed by atoms with van der Waals surface area (Å²) in [5, 5.41) is 15.3. The molecule has 264 valence electrons. The van der Waals surface area contributed by atoms with Gasteiger partial charge in [0, 0.05) is 40.2 Å². The summed E-state index contributed by atoms with van der Waals surface area (Å²) < 4.78 is 35.2. The highest BCUT2D eigenvalue weighted by Gasteiger charge is 2.37. The van der Waals surface area contributed by atoms with Gasteiger partial charge in [0.05, 0.1) is 22.6 Å². The summed E-state index contributed by atoms with van der Waals surface area (Å²) in [6.45, 7) is 6.00. The van der Waals surface area contributed by atoms with Crippen LogP contribution in [0, 0.1) is 17.0 Å². The molecule has 0 radical (unpaired) electrons. The molecule has 0 bridgehead atoms. The summed E-state index contributed by atoms with van der Waals surface area (Å²) in [5.74, 6) is -1.14. The van der Waals surface area contributed by atoms with Crippen LogP contribution in [-0.2, 0) is 32.6 Å². The van der Waals surface area contributed by atoms with Gasteiger partial charge in [0.25, 0.3) is 15.7 Å². The van der Waals surface area contributed by atoms with Crippen molar-refractivity contribution >= 4 is 56.4 Å². The molecule has 0 aliphatic carbocycles. The van der Waals surface area contributed by atoms with Gasteiger partial charge in [-0.25, -0.2) is 8.42 Å². The fourth-order valence-corrected chi connectivity index (χ4v) is 7.10. The molecule has 0 heterocycles. The zero-order valence-corrected chi connectivity index (χ0v) is 30.6. The Kier molecular flexibility index (Phi) is 12.2. The van der Waals surface area contributed by atoms with Crippen LogP contribution in [0.15, 0.2) is 95.9 Å². The molecule has 1 N–H and O–H groups in total. The molecule has 1 atom stereocenters. The summed E-state index contributed by atoms with van der Waals surface area (Å²) in [7, 11) is -3.37. The zero-order valence-electron chi connectivity index (χ0n) is 28.2. The fourth-order valence-electron chi connectivity index (χ4n) is 5.28. The molecular formula is C36H38Cl2N4O7S. The molecule has 0 saturated heterocycles. The lowest BCUT2D eigenvalue weighted by Crippen LogP contribution is -2.56. The van der Waals surface area contributed by atoms with Gasteiger partial charge in [-0.3, -0.25) is 24.0 Å². The molecule has 50 heavy (non-hydrogen) atoms. The van der Waals surface area contributed by atoms with Crippen molar-refractivity contribution in [3.8, 4) is 5.75 Å². The number of anilines is 1. The van der Waals surface area contributed by atoms with Crippen LogP contribution in [0.5, 0.6) is 5.75 Å². The minimum Gasteiger partial charge on any atom is -0.495 e. The molecule has 4 aromatic carbocycles. The number of nitro benzene ring substituents is 1. The highest BCUT2D eigenvalue weighted by atomic mass is 35.5. The van der Waals surface area contributed by atoms with Gasteiger partial charge in [-0.05, 0) is 75.2 Å². The van der Waals surface area contributed by atoms with E-state index in [2.05, 4.69) is 5.32 Å². The molecule has 4 aromatic rings. The van der Waals surface area contributed by atoms with E-state index in [0.29, 0.717) is 10.6 Å². The number of nitro groups is 1. The number of hydrogen-bond donors (Lipinski definition) is 1. The Morgan fingerprint density at radius 1 is 0.920 bits per heavy atom. The number of benzene rings is 4. The number of carbonyl (C=O) groups excluding carboxylic acids is 2. The number of aryl methyl sites for hydroxylation is 1. The summed E-state index contributed by atoms with van der Waals surface area (Å²) in [5.41, 5.74) is 0.436. The maximum atomic E-state index is 14.7. The van der Waals surface area contributed by atoms with E-state index in [1.807, 2.05) is 51.1 Å². The van der Waals surface area contributed by atoms with E-state index in [4.69, 9.17) is 27.9 Å². The van der Waals surface area contributed by atoms with Crippen LogP contribution >= 0.6 is 23.2 Å². The SMILES string of the molecule is COc1ccc(Cl)cc1N(CC(=O)N(Cc1cccc(Cl)c1)[C@H](Cc1ccccc1)C(=O)NC(C)(C)C)S(=O)(=O)c1ccc(C)c([N+](=O)[O-])c1. The number of nitrogens with one attached hydrogen (secondary N) is 1. The fraction of sp³-hybridized carbons (Fsp3) is 0.278. The molecule has 0 spiro atoms. The monoisotopic (exact) mass is 740 g/mol. The maximum absolute atomic E-state index is 14.7. The molecule has 0 aliphatic rings. The van der Waals surface area contributed by atoms with Crippen LogP contribution in [0.2, 0.25) is 10.0 Å². The molecule has 0 fully saturated rings. The van der Waals surface area contributed by atoms with E-state index >= 15 is 0 Å². The number of hydrogen-bond acceptors (Lipinski definition) is 7. The van der Waals surface area contributed by atoms with Crippen molar-refractivity contribution in [2.24, 2.45) is 0 Å². The van der Waals surface area contributed by atoms with Crippen LogP contribution in [0.25, 0.3) is 0 Å². The van der Waals surface area contributed by atoms with Gasteiger partial charge in [-0.15, -0.1) is 0 Å². The Labute approximate surface area is 302 Å². The molecule has 11 nitrogen and oxygen atoms in total. The molecule has 14 heteroatoms. The third kappa shape index (κ3) is 9.52. The number of rotatable bonds is 13. The van der Waals surface area contributed by atoms with Gasteiger partial charge in [0.1, 0.15) is 18.3 Å². The highest BCUT2D eigenvalue weighted by molar-refractivity contribution is 7.92. The van der Waals surface area contributed by atoms with E-state index in [-0.39, 0.29) is 35.0 Å². The van der Waals surface area contributed by atoms with Gasteiger partial charge in [-0.2, -0.15) is 0 Å². The van der Waals surface area contributed by atoms with E-state index in [1.54, 1.807) is 24.3 Å². The molecule has 2 amide bonds. The minimum atomic E-state index is -4.70. The quantitative estimate of drug-likeness (QED) is 0.115. The standard InChI is InChI=1S/C36H38Cl2N4O7S/c1-24-14-16-29(21-30(24)42(45)46)50(47,48)41(31-20-28(38)15-17-33(31)49-5)23-34(43)40(22-26-12-9-13-27(37)18-26)32(35(44)39-36(2,3)4)19-25-10-7-6-8-11-25/h6-18,20-21,32H,19,22-23H2,1-5H3,(H,39,44)/t32-/m1/s1. The number of methoxy groups -OCH3 is 1. The van der Waals surface area contributed by atoms with Gasteiger partial charge in [0.2, 0.25) is 11.8 Å². The largest absolute Gasteiger partial charge is 0.495 e.